The van der Waals surface area contributed by atoms with E-state index in [1.54, 1.807) is 13.8 Å². The van der Waals surface area contributed by atoms with Gasteiger partial charge in [-0.2, -0.15) is 13.2 Å². The highest BCUT2D eigenvalue weighted by molar-refractivity contribution is 5.88. The van der Waals surface area contributed by atoms with Crippen molar-refractivity contribution in [3.05, 3.63) is 11.4 Å². The van der Waals surface area contributed by atoms with Crippen LogP contribution in [0.15, 0.2) is 0 Å². The van der Waals surface area contributed by atoms with Crippen LogP contribution in [0.4, 0.5) is 13.2 Å². The van der Waals surface area contributed by atoms with Crippen molar-refractivity contribution in [1.82, 2.24) is 15.0 Å². The van der Waals surface area contributed by atoms with Crippen LogP contribution >= 0.6 is 0 Å². The molecule has 0 atom stereocenters. The van der Waals surface area contributed by atoms with Gasteiger partial charge in [-0.3, -0.25) is 0 Å². The lowest BCUT2D eigenvalue weighted by Crippen LogP contribution is -2.19. The number of hydrogen-bond donors (Lipinski definition) is 0. The lowest BCUT2D eigenvalue weighted by Gasteiger charge is -2.10. The summed E-state index contributed by atoms with van der Waals surface area (Å²) < 4.78 is 43.3. The molecule has 8 heteroatoms. The zero-order valence-corrected chi connectivity index (χ0v) is 9.58. The largest absolute Gasteiger partial charge is 0.461 e. The summed E-state index contributed by atoms with van der Waals surface area (Å²) in [6.07, 6.45) is -4.73. The van der Waals surface area contributed by atoms with Crippen molar-refractivity contribution in [2.75, 3.05) is 6.61 Å². The molecule has 0 N–H and O–H groups in total. The van der Waals surface area contributed by atoms with Gasteiger partial charge in [-0.05, 0) is 20.8 Å². The molecule has 0 radical (unpaired) electrons. The fourth-order valence-electron chi connectivity index (χ4n) is 1.24. The van der Waals surface area contributed by atoms with Gasteiger partial charge in [-0.1, -0.05) is 5.21 Å². The third-order valence-electron chi connectivity index (χ3n) is 1.92. The summed E-state index contributed by atoms with van der Waals surface area (Å²) in [5.74, 6) is -1.07. The SMILES string of the molecule is CCOC(=O)c1c(C(F)(F)F)nnn1C(C)C. The van der Waals surface area contributed by atoms with Crippen LogP contribution in [0.3, 0.4) is 0 Å². The van der Waals surface area contributed by atoms with Crippen LogP contribution in [-0.2, 0) is 10.9 Å². The van der Waals surface area contributed by atoms with Crippen LogP contribution in [0.5, 0.6) is 0 Å². The Bertz CT molecular complexity index is 412. The Hall–Kier alpha value is -1.60. The van der Waals surface area contributed by atoms with E-state index in [1.165, 1.54) is 6.92 Å². The standard InChI is InChI=1S/C9H12F3N3O2/c1-4-17-8(16)6-7(9(10,11)12)13-14-15(6)5(2)3/h5H,4H2,1-3H3. The van der Waals surface area contributed by atoms with Gasteiger partial charge in [-0.15, -0.1) is 5.10 Å². The number of nitrogens with zero attached hydrogens (tertiary/aromatic N) is 3. The van der Waals surface area contributed by atoms with E-state index >= 15 is 0 Å². The molecule has 0 spiro atoms. The number of hydrogen-bond acceptors (Lipinski definition) is 4. The van der Waals surface area contributed by atoms with Crippen LogP contribution in [0.25, 0.3) is 0 Å². The first-order chi connectivity index (χ1) is 7.79. The Morgan fingerprint density at radius 2 is 2.06 bits per heavy atom. The number of carbonyl (C=O) groups excluding carboxylic acids is 1. The fraction of sp³-hybridized carbons (Fsp3) is 0.667. The molecule has 96 valence electrons. The third kappa shape index (κ3) is 2.75. The molecule has 5 nitrogen and oxygen atoms in total. The van der Waals surface area contributed by atoms with E-state index in [-0.39, 0.29) is 6.61 Å². The van der Waals surface area contributed by atoms with Gasteiger partial charge < -0.3 is 4.74 Å². The summed E-state index contributed by atoms with van der Waals surface area (Å²) in [4.78, 5) is 11.5. The van der Waals surface area contributed by atoms with Gasteiger partial charge >= 0.3 is 12.1 Å². The number of aromatic nitrogens is 3. The molecule has 0 unspecified atom stereocenters. The maximum Gasteiger partial charge on any atom is 0.437 e. The summed E-state index contributed by atoms with van der Waals surface area (Å²) >= 11 is 0. The highest BCUT2D eigenvalue weighted by Gasteiger charge is 2.41. The third-order valence-corrected chi connectivity index (χ3v) is 1.92. The van der Waals surface area contributed by atoms with Crippen LogP contribution in [-0.4, -0.2) is 27.6 Å². The first kappa shape index (κ1) is 13.5. The van der Waals surface area contributed by atoms with Crippen molar-refractivity contribution < 1.29 is 22.7 Å². The van der Waals surface area contributed by atoms with Gasteiger partial charge in [0.25, 0.3) is 0 Å². The second-order valence-corrected chi connectivity index (χ2v) is 3.54. The summed E-state index contributed by atoms with van der Waals surface area (Å²) in [7, 11) is 0. The number of alkyl halides is 3. The second-order valence-electron chi connectivity index (χ2n) is 3.54. The van der Waals surface area contributed by atoms with Crippen LogP contribution in [0.1, 0.15) is 43.0 Å². The zero-order chi connectivity index (χ0) is 13.2. The van der Waals surface area contributed by atoms with Crippen LogP contribution < -0.4 is 0 Å². The molecular formula is C9H12F3N3O2. The van der Waals surface area contributed by atoms with E-state index in [9.17, 15) is 18.0 Å². The zero-order valence-electron chi connectivity index (χ0n) is 9.58. The summed E-state index contributed by atoms with van der Waals surface area (Å²) in [6, 6.07) is -0.419. The molecule has 0 aliphatic heterocycles. The van der Waals surface area contributed by atoms with E-state index in [4.69, 9.17) is 0 Å². The molecule has 0 aromatic carbocycles. The van der Waals surface area contributed by atoms with Gasteiger partial charge in [0.15, 0.2) is 5.69 Å². The maximum absolute atomic E-state index is 12.6. The Kier molecular flexibility index (Phi) is 3.74. The van der Waals surface area contributed by atoms with E-state index < -0.39 is 29.6 Å². The van der Waals surface area contributed by atoms with Crippen LogP contribution in [0, 0.1) is 0 Å². The van der Waals surface area contributed by atoms with E-state index in [0.29, 0.717) is 0 Å². The molecule has 0 saturated heterocycles. The second kappa shape index (κ2) is 4.72. The first-order valence-electron chi connectivity index (χ1n) is 4.98. The van der Waals surface area contributed by atoms with E-state index in [1.807, 2.05) is 0 Å². The average Bonchev–Trinajstić information content (AvgIpc) is 2.60. The minimum atomic E-state index is -4.73. The van der Waals surface area contributed by atoms with Crippen molar-refractivity contribution in [2.24, 2.45) is 0 Å². The monoisotopic (exact) mass is 251 g/mol. The molecule has 1 heterocycles. The molecular weight excluding hydrogens is 239 g/mol. The minimum absolute atomic E-state index is 0.0145. The predicted octanol–water partition coefficient (Wildman–Crippen LogP) is 2.05. The summed E-state index contributed by atoms with van der Waals surface area (Å²) in [5.41, 5.74) is -1.97. The molecule has 0 fully saturated rings. The molecule has 0 bridgehead atoms. The lowest BCUT2D eigenvalue weighted by atomic mass is 10.3. The number of ether oxygens (including phenoxy) is 1. The summed E-state index contributed by atoms with van der Waals surface area (Å²) in [5, 5.41) is 6.33. The molecule has 0 amide bonds. The maximum atomic E-state index is 12.6. The van der Waals surface area contributed by atoms with Gasteiger partial charge in [0, 0.05) is 6.04 Å². The smallest absolute Gasteiger partial charge is 0.437 e. The number of carbonyl (C=O) groups is 1. The Morgan fingerprint density at radius 3 is 2.47 bits per heavy atom. The van der Waals surface area contributed by atoms with Crippen LogP contribution in [0.2, 0.25) is 0 Å². The summed E-state index contributed by atoms with van der Waals surface area (Å²) in [6.45, 7) is 4.68. The molecule has 0 saturated carbocycles. The average molecular weight is 251 g/mol. The molecule has 1 aromatic heterocycles. The van der Waals surface area contributed by atoms with Crippen molar-refractivity contribution >= 4 is 5.97 Å². The van der Waals surface area contributed by atoms with Gasteiger partial charge in [0.2, 0.25) is 5.69 Å². The Morgan fingerprint density at radius 1 is 1.47 bits per heavy atom. The molecule has 1 aromatic rings. The molecule has 17 heavy (non-hydrogen) atoms. The lowest BCUT2D eigenvalue weighted by molar-refractivity contribution is -0.141. The molecule has 0 aliphatic carbocycles. The normalized spacial score (nSPS) is 11.9. The van der Waals surface area contributed by atoms with Crippen molar-refractivity contribution in [2.45, 2.75) is 33.0 Å². The Labute approximate surface area is 95.6 Å². The number of halogens is 3. The molecule has 0 aliphatic rings. The van der Waals surface area contributed by atoms with Gasteiger partial charge in [0.1, 0.15) is 0 Å². The van der Waals surface area contributed by atoms with Crippen molar-refractivity contribution in [3.63, 3.8) is 0 Å². The van der Waals surface area contributed by atoms with Gasteiger partial charge in [-0.25, -0.2) is 9.48 Å². The first-order valence-corrected chi connectivity index (χ1v) is 4.98. The van der Waals surface area contributed by atoms with E-state index in [0.717, 1.165) is 4.68 Å². The van der Waals surface area contributed by atoms with Crippen molar-refractivity contribution in [1.29, 1.82) is 0 Å². The number of rotatable bonds is 3. The fourth-order valence-corrected chi connectivity index (χ4v) is 1.24. The van der Waals surface area contributed by atoms with Gasteiger partial charge in [0.05, 0.1) is 6.61 Å². The quantitative estimate of drug-likeness (QED) is 0.771. The minimum Gasteiger partial charge on any atom is -0.461 e. The highest BCUT2D eigenvalue weighted by Crippen LogP contribution is 2.31. The Balaban J connectivity index is 3.30. The van der Waals surface area contributed by atoms with Crippen molar-refractivity contribution in [3.8, 4) is 0 Å². The van der Waals surface area contributed by atoms with E-state index in [2.05, 4.69) is 15.0 Å². The predicted molar refractivity (Wildman–Crippen MR) is 51.4 cm³/mol. The molecule has 1 rings (SSSR count). The topological polar surface area (TPSA) is 57.0 Å². The number of esters is 1. The highest BCUT2D eigenvalue weighted by atomic mass is 19.4.